The summed E-state index contributed by atoms with van der Waals surface area (Å²) in [5, 5.41) is 16.6. The van der Waals surface area contributed by atoms with E-state index in [-0.39, 0.29) is 11.3 Å². The van der Waals surface area contributed by atoms with E-state index in [1.165, 1.54) is 0 Å². The molecule has 0 aromatic carbocycles. The lowest BCUT2D eigenvalue weighted by Crippen LogP contribution is -2.51. The van der Waals surface area contributed by atoms with Crippen molar-refractivity contribution in [2.24, 2.45) is 11.3 Å². The first kappa shape index (κ1) is 17.4. The van der Waals surface area contributed by atoms with Crippen LogP contribution in [0.3, 0.4) is 0 Å². The molecule has 1 unspecified atom stereocenters. The Kier molecular flexibility index (Phi) is 6.46. The molecule has 1 atom stereocenters. The summed E-state index contributed by atoms with van der Waals surface area (Å²) >= 11 is 0. The quantitative estimate of drug-likeness (QED) is 0.671. The summed E-state index contributed by atoms with van der Waals surface area (Å²) in [5.74, 6) is 0.551. The molecule has 1 fully saturated rings. The van der Waals surface area contributed by atoms with Gasteiger partial charge in [0, 0.05) is 6.54 Å². The summed E-state index contributed by atoms with van der Waals surface area (Å²) in [6.45, 7) is 10.3. The predicted octanol–water partition coefficient (Wildman–Crippen LogP) is 2.07. The third-order valence-electron chi connectivity index (χ3n) is 4.25. The third kappa shape index (κ3) is 5.06. The molecule has 4 nitrogen and oxygen atoms in total. The summed E-state index contributed by atoms with van der Waals surface area (Å²) < 4.78 is 0. The molecule has 4 heteroatoms. The molecule has 1 saturated heterocycles. The molecule has 20 heavy (non-hydrogen) atoms. The lowest BCUT2D eigenvalue weighted by molar-refractivity contribution is -0.134. The number of carbonyl (C=O) groups excluding carboxylic acids is 1. The molecule has 0 radical (unpaired) electrons. The summed E-state index contributed by atoms with van der Waals surface area (Å²) in [6, 6.07) is 0. The Balaban J connectivity index is 2.58. The Labute approximate surface area is 123 Å². The Hall–Kier alpha value is -0.610. The van der Waals surface area contributed by atoms with Crippen LogP contribution in [0.5, 0.6) is 0 Å². The highest BCUT2D eigenvalue weighted by Gasteiger charge is 2.39. The van der Waals surface area contributed by atoms with E-state index in [9.17, 15) is 9.90 Å². The number of hydrogen-bond donors (Lipinski definition) is 3. The van der Waals surface area contributed by atoms with Gasteiger partial charge in [-0.05, 0) is 51.6 Å². The van der Waals surface area contributed by atoms with Crippen molar-refractivity contribution < 1.29 is 9.90 Å². The maximum absolute atomic E-state index is 12.6. The van der Waals surface area contributed by atoms with Crippen LogP contribution in [-0.2, 0) is 4.79 Å². The SMILES string of the molecule is CCCC1(C(=O)NCC(C)(O)CC(C)C)CCNCC1. The molecule has 0 aromatic heterocycles. The van der Waals surface area contributed by atoms with Crippen LogP contribution in [0.2, 0.25) is 0 Å². The standard InChI is InChI=1S/C16H32N2O2/c1-5-6-16(7-9-17-10-8-16)14(19)18-12-15(4,20)11-13(2)3/h13,17,20H,5-12H2,1-4H3,(H,18,19). The van der Waals surface area contributed by atoms with Gasteiger partial charge in [0.1, 0.15) is 0 Å². The van der Waals surface area contributed by atoms with Crippen LogP contribution in [0.4, 0.5) is 0 Å². The maximum atomic E-state index is 12.6. The lowest BCUT2D eigenvalue weighted by Gasteiger charge is -2.37. The Morgan fingerprint density at radius 1 is 1.40 bits per heavy atom. The van der Waals surface area contributed by atoms with E-state index in [2.05, 4.69) is 31.4 Å². The summed E-state index contributed by atoms with van der Waals surface area (Å²) in [5.41, 5.74) is -1.04. The molecule has 0 aromatic rings. The Bertz CT molecular complexity index is 302. The van der Waals surface area contributed by atoms with E-state index < -0.39 is 5.60 Å². The molecule has 1 amide bonds. The number of piperidine rings is 1. The number of carbonyl (C=O) groups is 1. The molecular formula is C16H32N2O2. The van der Waals surface area contributed by atoms with Crippen molar-refractivity contribution in [3.05, 3.63) is 0 Å². The molecule has 118 valence electrons. The second-order valence-electron chi connectivity index (χ2n) is 7.06. The van der Waals surface area contributed by atoms with E-state index in [0.717, 1.165) is 38.8 Å². The first-order valence-electron chi connectivity index (χ1n) is 8.03. The Morgan fingerprint density at radius 3 is 2.50 bits per heavy atom. The van der Waals surface area contributed by atoms with Crippen LogP contribution in [0.25, 0.3) is 0 Å². The summed E-state index contributed by atoms with van der Waals surface area (Å²) in [7, 11) is 0. The molecule has 3 N–H and O–H groups in total. The van der Waals surface area contributed by atoms with Crippen LogP contribution >= 0.6 is 0 Å². The average molecular weight is 284 g/mol. The van der Waals surface area contributed by atoms with E-state index >= 15 is 0 Å². The van der Waals surface area contributed by atoms with Gasteiger partial charge in [0.15, 0.2) is 0 Å². The zero-order valence-corrected chi connectivity index (χ0v) is 13.6. The highest BCUT2D eigenvalue weighted by molar-refractivity contribution is 5.82. The largest absolute Gasteiger partial charge is 0.388 e. The predicted molar refractivity (Wildman–Crippen MR) is 82.5 cm³/mol. The fraction of sp³-hybridized carbons (Fsp3) is 0.938. The normalized spacial score (nSPS) is 21.5. The Morgan fingerprint density at radius 2 is 2.00 bits per heavy atom. The fourth-order valence-electron chi connectivity index (χ4n) is 3.38. The smallest absolute Gasteiger partial charge is 0.226 e. The van der Waals surface area contributed by atoms with Crippen molar-refractivity contribution in [2.75, 3.05) is 19.6 Å². The van der Waals surface area contributed by atoms with Gasteiger partial charge in [0.05, 0.1) is 11.0 Å². The fourth-order valence-corrected chi connectivity index (χ4v) is 3.38. The van der Waals surface area contributed by atoms with Gasteiger partial charge in [0.2, 0.25) is 5.91 Å². The van der Waals surface area contributed by atoms with Gasteiger partial charge in [-0.2, -0.15) is 0 Å². The maximum Gasteiger partial charge on any atom is 0.226 e. The van der Waals surface area contributed by atoms with Gasteiger partial charge in [-0.15, -0.1) is 0 Å². The van der Waals surface area contributed by atoms with Gasteiger partial charge in [-0.1, -0.05) is 27.2 Å². The van der Waals surface area contributed by atoms with Gasteiger partial charge < -0.3 is 15.7 Å². The minimum atomic E-state index is -0.815. The molecule has 1 rings (SSSR count). The van der Waals surface area contributed by atoms with Gasteiger partial charge in [-0.3, -0.25) is 4.79 Å². The minimum absolute atomic E-state index is 0.130. The molecule has 1 aliphatic heterocycles. The zero-order chi connectivity index (χ0) is 15.2. The van der Waals surface area contributed by atoms with Gasteiger partial charge >= 0.3 is 0 Å². The van der Waals surface area contributed by atoms with Crippen molar-refractivity contribution in [1.29, 1.82) is 0 Å². The van der Waals surface area contributed by atoms with Crippen molar-refractivity contribution in [2.45, 2.75) is 65.4 Å². The molecule has 0 aliphatic carbocycles. The molecule has 0 spiro atoms. The van der Waals surface area contributed by atoms with E-state index in [0.29, 0.717) is 18.9 Å². The topological polar surface area (TPSA) is 61.4 Å². The van der Waals surface area contributed by atoms with Crippen LogP contribution in [0.15, 0.2) is 0 Å². The number of rotatable bonds is 7. The second-order valence-corrected chi connectivity index (χ2v) is 7.06. The third-order valence-corrected chi connectivity index (χ3v) is 4.25. The highest BCUT2D eigenvalue weighted by atomic mass is 16.3. The van der Waals surface area contributed by atoms with Crippen molar-refractivity contribution in [1.82, 2.24) is 10.6 Å². The lowest BCUT2D eigenvalue weighted by atomic mass is 9.74. The van der Waals surface area contributed by atoms with Crippen LogP contribution in [0, 0.1) is 11.3 Å². The number of hydrogen-bond acceptors (Lipinski definition) is 3. The number of aliphatic hydroxyl groups is 1. The van der Waals surface area contributed by atoms with E-state index in [1.54, 1.807) is 0 Å². The first-order chi connectivity index (χ1) is 9.31. The highest BCUT2D eigenvalue weighted by Crippen LogP contribution is 2.34. The van der Waals surface area contributed by atoms with Crippen molar-refractivity contribution >= 4 is 5.91 Å². The molecule has 1 aliphatic rings. The van der Waals surface area contributed by atoms with Gasteiger partial charge in [-0.25, -0.2) is 0 Å². The monoisotopic (exact) mass is 284 g/mol. The van der Waals surface area contributed by atoms with Crippen LogP contribution in [0.1, 0.15) is 59.8 Å². The minimum Gasteiger partial charge on any atom is -0.388 e. The number of amides is 1. The average Bonchev–Trinajstić information content (AvgIpc) is 2.36. The summed E-state index contributed by atoms with van der Waals surface area (Å²) in [4.78, 5) is 12.6. The van der Waals surface area contributed by atoms with E-state index in [1.807, 2.05) is 6.92 Å². The van der Waals surface area contributed by atoms with Crippen molar-refractivity contribution in [3.8, 4) is 0 Å². The molecule has 0 bridgehead atoms. The zero-order valence-electron chi connectivity index (χ0n) is 13.6. The first-order valence-corrected chi connectivity index (χ1v) is 8.03. The number of nitrogens with one attached hydrogen (secondary N) is 2. The van der Waals surface area contributed by atoms with Gasteiger partial charge in [0.25, 0.3) is 0 Å². The van der Waals surface area contributed by atoms with Crippen molar-refractivity contribution in [3.63, 3.8) is 0 Å². The molecule has 0 saturated carbocycles. The molecule has 1 heterocycles. The van der Waals surface area contributed by atoms with Crippen LogP contribution < -0.4 is 10.6 Å². The van der Waals surface area contributed by atoms with E-state index in [4.69, 9.17) is 0 Å². The summed E-state index contributed by atoms with van der Waals surface area (Å²) in [6.07, 6.45) is 4.47. The molecular weight excluding hydrogens is 252 g/mol. The van der Waals surface area contributed by atoms with Crippen LogP contribution in [-0.4, -0.2) is 36.2 Å². The second kappa shape index (κ2) is 7.41.